The SMILES string of the molecule is COc1cc(-c2noc(CN)n2)c(C(C)C)cc1OC. The van der Waals surface area contributed by atoms with Gasteiger partial charge in [0, 0.05) is 5.56 Å². The number of methoxy groups -OCH3 is 2. The molecule has 0 aliphatic heterocycles. The molecule has 1 aromatic heterocycles. The number of rotatable bonds is 5. The van der Waals surface area contributed by atoms with Crippen molar-refractivity contribution in [3.63, 3.8) is 0 Å². The Morgan fingerprint density at radius 2 is 1.85 bits per heavy atom. The van der Waals surface area contributed by atoms with E-state index in [0.29, 0.717) is 23.2 Å². The maximum Gasteiger partial charge on any atom is 0.240 e. The topological polar surface area (TPSA) is 83.4 Å². The molecule has 2 aromatic rings. The van der Waals surface area contributed by atoms with Gasteiger partial charge in [-0.25, -0.2) is 0 Å². The van der Waals surface area contributed by atoms with Crippen LogP contribution in [0, 0.1) is 0 Å². The van der Waals surface area contributed by atoms with Crippen LogP contribution in [-0.2, 0) is 6.54 Å². The summed E-state index contributed by atoms with van der Waals surface area (Å²) >= 11 is 0. The average Bonchev–Trinajstić information content (AvgIpc) is 2.94. The lowest BCUT2D eigenvalue weighted by atomic mass is 9.96. The normalized spacial score (nSPS) is 10.9. The summed E-state index contributed by atoms with van der Waals surface area (Å²) in [6.07, 6.45) is 0. The number of aromatic nitrogens is 2. The van der Waals surface area contributed by atoms with Crippen molar-refractivity contribution in [3.8, 4) is 22.9 Å². The van der Waals surface area contributed by atoms with Crippen LogP contribution >= 0.6 is 0 Å². The molecule has 0 spiro atoms. The van der Waals surface area contributed by atoms with Gasteiger partial charge < -0.3 is 19.7 Å². The van der Waals surface area contributed by atoms with Gasteiger partial charge in [-0.2, -0.15) is 4.98 Å². The molecular weight excluding hydrogens is 258 g/mol. The standard InChI is InChI=1S/C14H19N3O3/c1-8(2)9-5-11(18-3)12(19-4)6-10(9)14-16-13(7-15)20-17-14/h5-6,8H,7,15H2,1-4H3. The van der Waals surface area contributed by atoms with E-state index in [9.17, 15) is 0 Å². The molecule has 1 aromatic carbocycles. The summed E-state index contributed by atoms with van der Waals surface area (Å²) in [6, 6.07) is 3.80. The third-order valence-electron chi connectivity index (χ3n) is 3.06. The summed E-state index contributed by atoms with van der Waals surface area (Å²) in [5.74, 6) is 2.51. The minimum atomic E-state index is 0.220. The van der Waals surface area contributed by atoms with E-state index in [2.05, 4.69) is 24.0 Å². The second kappa shape index (κ2) is 5.92. The van der Waals surface area contributed by atoms with Gasteiger partial charge in [-0.15, -0.1) is 0 Å². The first kappa shape index (κ1) is 14.3. The summed E-state index contributed by atoms with van der Waals surface area (Å²) < 4.78 is 15.7. The molecule has 20 heavy (non-hydrogen) atoms. The van der Waals surface area contributed by atoms with Crippen LogP contribution in [0.25, 0.3) is 11.4 Å². The number of benzene rings is 1. The third kappa shape index (κ3) is 2.60. The highest BCUT2D eigenvalue weighted by Gasteiger charge is 2.18. The fraction of sp³-hybridized carbons (Fsp3) is 0.429. The summed E-state index contributed by atoms with van der Waals surface area (Å²) in [6.45, 7) is 4.40. The van der Waals surface area contributed by atoms with Crippen LogP contribution in [0.1, 0.15) is 31.2 Å². The van der Waals surface area contributed by atoms with Gasteiger partial charge in [-0.05, 0) is 23.6 Å². The monoisotopic (exact) mass is 277 g/mol. The molecule has 108 valence electrons. The largest absolute Gasteiger partial charge is 0.493 e. The zero-order valence-corrected chi connectivity index (χ0v) is 12.1. The molecule has 0 radical (unpaired) electrons. The van der Waals surface area contributed by atoms with E-state index in [1.165, 1.54) is 0 Å². The first-order valence-corrected chi connectivity index (χ1v) is 6.39. The Kier molecular flexibility index (Phi) is 4.24. The van der Waals surface area contributed by atoms with Crippen LogP contribution in [0.15, 0.2) is 16.7 Å². The number of ether oxygens (including phenoxy) is 2. The van der Waals surface area contributed by atoms with E-state index in [1.54, 1.807) is 14.2 Å². The minimum absolute atomic E-state index is 0.220. The van der Waals surface area contributed by atoms with Crippen LogP contribution in [0.4, 0.5) is 0 Å². The Morgan fingerprint density at radius 3 is 2.35 bits per heavy atom. The smallest absolute Gasteiger partial charge is 0.240 e. The maximum absolute atomic E-state index is 5.50. The number of hydrogen-bond acceptors (Lipinski definition) is 6. The zero-order valence-electron chi connectivity index (χ0n) is 12.1. The Bertz CT molecular complexity index is 593. The molecule has 0 unspecified atom stereocenters. The van der Waals surface area contributed by atoms with Gasteiger partial charge in [0.25, 0.3) is 0 Å². The fourth-order valence-corrected chi connectivity index (χ4v) is 2.01. The van der Waals surface area contributed by atoms with Crippen molar-refractivity contribution < 1.29 is 14.0 Å². The molecule has 0 fully saturated rings. The molecule has 0 amide bonds. The van der Waals surface area contributed by atoms with Gasteiger partial charge in [0.05, 0.1) is 20.8 Å². The van der Waals surface area contributed by atoms with Gasteiger partial charge in [-0.3, -0.25) is 0 Å². The van der Waals surface area contributed by atoms with E-state index in [-0.39, 0.29) is 12.5 Å². The first-order valence-electron chi connectivity index (χ1n) is 6.39. The molecule has 0 atom stereocenters. The minimum Gasteiger partial charge on any atom is -0.493 e. The Balaban J connectivity index is 2.60. The lowest BCUT2D eigenvalue weighted by molar-refractivity contribution is 0.354. The number of nitrogens with zero attached hydrogens (tertiary/aromatic N) is 2. The first-order chi connectivity index (χ1) is 9.60. The van der Waals surface area contributed by atoms with Gasteiger partial charge in [0.1, 0.15) is 0 Å². The van der Waals surface area contributed by atoms with Crippen molar-refractivity contribution in [3.05, 3.63) is 23.6 Å². The van der Waals surface area contributed by atoms with E-state index >= 15 is 0 Å². The highest BCUT2D eigenvalue weighted by molar-refractivity contribution is 5.66. The second-order valence-electron chi connectivity index (χ2n) is 4.66. The molecule has 0 aliphatic carbocycles. The van der Waals surface area contributed by atoms with Crippen LogP contribution < -0.4 is 15.2 Å². The Morgan fingerprint density at radius 1 is 1.20 bits per heavy atom. The van der Waals surface area contributed by atoms with Gasteiger partial charge in [0.15, 0.2) is 11.5 Å². The Labute approximate surface area is 117 Å². The molecule has 0 saturated heterocycles. The van der Waals surface area contributed by atoms with Crippen molar-refractivity contribution in [2.24, 2.45) is 5.73 Å². The summed E-state index contributed by atoms with van der Waals surface area (Å²) in [7, 11) is 3.21. The molecule has 6 nitrogen and oxygen atoms in total. The summed E-state index contributed by atoms with van der Waals surface area (Å²) in [4.78, 5) is 4.27. The molecule has 0 saturated carbocycles. The predicted octanol–water partition coefficient (Wildman–Crippen LogP) is 2.34. The van der Waals surface area contributed by atoms with E-state index < -0.39 is 0 Å². The van der Waals surface area contributed by atoms with Crippen LogP contribution in [-0.4, -0.2) is 24.4 Å². The van der Waals surface area contributed by atoms with Crippen LogP contribution in [0.5, 0.6) is 11.5 Å². The zero-order chi connectivity index (χ0) is 14.7. The highest BCUT2D eigenvalue weighted by Crippen LogP contribution is 2.37. The number of hydrogen-bond donors (Lipinski definition) is 1. The maximum atomic E-state index is 5.50. The average molecular weight is 277 g/mol. The molecule has 0 aliphatic rings. The van der Waals surface area contributed by atoms with Gasteiger partial charge in [0.2, 0.25) is 11.7 Å². The lowest BCUT2D eigenvalue weighted by Gasteiger charge is -2.15. The second-order valence-corrected chi connectivity index (χ2v) is 4.66. The van der Waals surface area contributed by atoms with Crippen molar-refractivity contribution in [1.29, 1.82) is 0 Å². The predicted molar refractivity (Wildman–Crippen MR) is 74.8 cm³/mol. The Hall–Kier alpha value is -2.08. The van der Waals surface area contributed by atoms with Gasteiger partial charge in [-0.1, -0.05) is 19.0 Å². The molecule has 2 N–H and O–H groups in total. The van der Waals surface area contributed by atoms with Gasteiger partial charge >= 0.3 is 0 Å². The molecular formula is C14H19N3O3. The molecule has 1 heterocycles. The van der Waals surface area contributed by atoms with Crippen LogP contribution in [0.3, 0.4) is 0 Å². The fourth-order valence-electron chi connectivity index (χ4n) is 2.01. The van der Waals surface area contributed by atoms with E-state index in [4.69, 9.17) is 19.7 Å². The van der Waals surface area contributed by atoms with Crippen molar-refractivity contribution in [2.75, 3.05) is 14.2 Å². The summed E-state index contributed by atoms with van der Waals surface area (Å²) in [5.41, 5.74) is 7.42. The van der Waals surface area contributed by atoms with E-state index in [0.717, 1.165) is 11.1 Å². The lowest BCUT2D eigenvalue weighted by Crippen LogP contribution is -1.99. The van der Waals surface area contributed by atoms with Crippen molar-refractivity contribution >= 4 is 0 Å². The summed E-state index contributed by atoms with van der Waals surface area (Å²) in [5, 5.41) is 3.97. The van der Waals surface area contributed by atoms with Crippen LogP contribution in [0.2, 0.25) is 0 Å². The molecule has 2 rings (SSSR count). The van der Waals surface area contributed by atoms with Crippen molar-refractivity contribution in [2.45, 2.75) is 26.3 Å². The quantitative estimate of drug-likeness (QED) is 0.903. The van der Waals surface area contributed by atoms with E-state index in [1.807, 2.05) is 12.1 Å². The molecule has 6 heteroatoms. The molecule has 0 bridgehead atoms. The van der Waals surface area contributed by atoms with Crippen molar-refractivity contribution in [1.82, 2.24) is 10.1 Å². The highest BCUT2D eigenvalue weighted by atomic mass is 16.5. The third-order valence-corrected chi connectivity index (χ3v) is 3.06. The number of nitrogens with two attached hydrogens (primary N) is 1.